The van der Waals surface area contributed by atoms with Gasteiger partial charge in [0.25, 0.3) is 0 Å². The summed E-state index contributed by atoms with van der Waals surface area (Å²) in [6, 6.07) is 7.02. The van der Waals surface area contributed by atoms with Crippen molar-refractivity contribution in [3.8, 4) is 16.2 Å². The van der Waals surface area contributed by atoms with E-state index in [9.17, 15) is 4.79 Å². The number of carbonyl (C=O) groups excluding carboxylic acids is 1. The molecule has 0 spiro atoms. The van der Waals surface area contributed by atoms with E-state index in [0.717, 1.165) is 10.4 Å². The molecule has 1 aromatic heterocycles. The Bertz CT molecular complexity index is 624. The molecule has 0 saturated heterocycles. The van der Waals surface area contributed by atoms with Crippen LogP contribution in [0.5, 0.6) is 5.75 Å². The molecule has 2 rings (SSSR count). The van der Waals surface area contributed by atoms with Crippen LogP contribution in [0.2, 0.25) is 5.02 Å². The molecule has 0 amide bonds. The molecule has 6 heteroatoms. The monoisotopic (exact) mass is 297 g/mol. The maximum atomic E-state index is 11.5. The maximum Gasteiger partial charge on any atom is 0.350 e. The second-order valence-electron chi connectivity index (χ2n) is 3.73. The maximum absolute atomic E-state index is 11.5. The van der Waals surface area contributed by atoms with E-state index < -0.39 is 5.97 Å². The summed E-state index contributed by atoms with van der Waals surface area (Å²) in [6.45, 7) is 0. The Morgan fingerprint density at radius 3 is 2.68 bits per heavy atom. The molecule has 0 saturated carbocycles. The first-order chi connectivity index (χ1) is 9.06. The van der Waals surface area contributed by atoms with Crippen LogP contribution in [0.25, 0.3) is 10.4 Å². The molecule has 0 fully saturated rings. The van der Waals surface area contributed by atoms with Crippen LogP contribution in [-0.2, 0) is 4.74 Å². The number of hydrogen-bond donors (Lipinski definition) is 1. The Kier molecular flexibility index (Phi) is 3.97. The number of methoxy groups -OCH3 is 2. The molecule has 4 nitrogen and oxygen atoms in total. The van der Waals surface area contributed by atoms with Crippen LogP contribution in [0.4, 0.5) is 5.69 Å². The molecule has 100 valence electrons. The summed E-state index contributed by atoms with van der Waals surface area (Å²) in [7, 11) is 2.89. The van der Waals surface area contributed by atoms with E-state index in [1.54, 1.807) is 25.3 Å². The van der Waals surface area contributed by atoms with Gasteiger partial charge in [0.15, 0.2) is 0 Å². The lowest BCUT2D eigenvalue weighted by atomic mass is 10.1. The molecular formula is C13H12ClNO3S. The summed E-state index contributed by atoms with van der Waals surface area (Å²) in [5.74, 6) is 0.187. The van der Waals surface area contributed by atoms with E-state index in [0.29, 0.717) is 21.3 Å². The number of benzene rings is 1. The molecule has 2 N–H and O–H groups in total. The van der Waals surface area contributed by atoms with Gasteiger partial charge in [-0.25, -0.2) is 4.79 Å². The Hall–Kier alpha value is -1.72. The zero-order valence-corrected chi connectivity index (χ0v) is 12.0. The van der Waals surface area contributed by atoms with E-state index in [-0.39, 0.29) is 0 Å². The molecule has 0 radical (unpaired) electrons. The van der Waals surface area contributed by atoms with Gasteiger partial charge >= 0.3 is 5.97 Å². The summed E-state index contributed by atoms with van der Waals surface area (Å²) in [6.07, 6.45) is 0. The van der Waals surface area contributed by atoms with Gasteiger partial charge in [-0.2, -0.15) is 0 Å². The number of anilines is 1. The molecule has 2 aromatic rings. The van der Waals surface area contributed by atoms with Gasteiger partial charge in [0, 0.05) is 15.5 Å². The normalized spacial score (nSPS) is 10.3. The smallest absolute Gasteiger partial charge is 0.350 e. The van der Waals surface area contributed by atoms with Crippen LogP contribution >= 0.6 is 22.9 Å². The van der Waals surface area contributed by atoms with Crippen molar-refractivity contribution < 1.29 is 14.3 Å². The minimum Gasteiger partial charge on any atom is -0.496 e. The molecular weight excluding hydrogens is 286 g/mol. The van der Waals surface area contributed by atoms with Gasteiger partial charge in [-0.15, -0.1) is 11.3 Å². The van der Waals surface area contributed by atoms with Crippen molar-refractivity contribution in [1.29, 1.82) is 0 Å². The number of nitrogens with two attached hydrogens (primary N) is 1. The number of esters is 1. The Morgan fingerprint density at radius 1 is 1.32 bits per heavy atom. The predicted octanol–water partition coefficient (Wildman–Crippen LogP) is 3.45. The fraction of sp³-hybridized carbons (Fsp3) is 0.154. The third kappa shape index (κ3) is 2.67. The molecule has 0 bridgehead atoms. The Balaban J connectivity index is 2.51. The average Bonchev–Trinajstić information content (AvgIpc) is 2.79. The highest BCUT2D eigenvalue weighted by molar-refractivity contribution is 7.18. The molecule has 0 unspecified atom stereocenters. The second-order valence-corrected chi connectivity index (χ2v) is 5.22. The van der Waals surface area contributed by atoms with Crippen molar-refractivity contribution in [1.82, 2.24) is 0 Å². The number of rotatable bonds is 3. The third-order valence-electron chi connectivity index (χ3n) is 2.56. The summed E-state index contributed by atoms with van der Waals surface area (Å²) in [4.78, 5) is 12.8. The summed E-state index contributed by atoms with van der Waals surface area (Å²) < 4.78 is 9.96. The molecule has 1 aromatic carbocycles. The SMILES string of the molecule is COC(=O)c1sc(-c2ccc(Cl)cc2OC)cc1N. The lowest BCUT2D eigenvalue weighted by Gasteiger charge is -2.06. The highest BCUT2D eigenvalue weighted by Gasteiger charge is 2.17. The van der Waals surface area contributed by atoms with Crippen molar-refractivity contribution in [2.75, 3.05) is 20.0 Å². The molecule has 0 aliphatic rings. The third-order valence-corrected chi connectivity index (χ3v) is 3.96. The molecule has 1 heterocycles. The number of nitrogen functional groups attached to an aromatic ring is 1. The van der Waals surface area contributed by atoms with E-state index >= 15 is 0 Å². The number of ether oxygens (including phenoxy) is 2. The van der Waals surface area contributed by atoms with Crippen molar-refractivity contribution in [2.24, 2.45) is 0 Å². The van der Waals surface area contributed by atoms with Gasteiger partial charge in [0.2, 0.25) is 0 Å². The van der Waals surface area contributed by atoms with Crippen LogP contribution in [0, 0.1) is 0 Å². The van der Waals surface area contributed by atoms with E-state index in [1.807, 2.05) is 6.07 Å². The summed E-state index contributed by atoms with van der Waals surface area (Å²) in [5.41, 5.74) is 7.04. The minimum absolute atomic E-state index is 0.384. The van der Waals surface area contributed by atoms with Gasteiger partial charge in [0.1, 0.15) is 10.6 Å². The molecule has 0 atom stereocenters. The summed E-state index contributed by atoms with van der Waals surface area (Å²) in [5, 5.41) is 0.582. The van der Waals surface area contributed by atoms with Crippen LogP contribution in [0.1, 0.15) is 9.67 Å². The van der Waals surface area contributed by atoms with Crippen LogP contribution < -0.4 is 10.5 Å². The first-order valence-corrected chi connectivity index (χ1v) is 6.57. The molecule has 19 heavy (non-hydrogen) atoms. The van der Waals surface area contributed by atoms with E-state index in [1.165, 1.54) is 18.4 Å². The van der Waals surface area contributed by atoms with Crippen molar-refractivity contribution in [3.63, 3.8) is 0 Å². The Morgan fingerprint density at radius 2 is 2.05 bits per heavy atom. The Labute approximate surface area is 119 Å². The zero-order valence-electron chi connectivity index (χ0n) is 10.4. The lowest BCUT2D eigenvalue weighted by Crippen LogP contribution is -2.00. The van der Waals surface area contributed by atoms with Gasteiger partial charge in [0.05, 0.1) is 19.9 Å². The fourth-order valence-electron chi connectivity index (χ4n) is 1.66. The molecule has 0 aliphatic heterocycles. The summed E-state index contributed by atoms with van der Waals surface area (Å²) >= 11 is 7.18. The van der Waals surface area contributed by atoms with E-state index in [4.69, 9.17) is 22.1 Å². The van der Waals surface area contributed by atoms with Crippen LogP contribution in [0.15, 0.2) is 24.3 Å². The quantitative estimate of drug-likeness (QED) is 0.882. The van der Waals surface area contributed by atoms with Gasteiger partial charge in [-0.1, -0.05) is 11.6 Å². The minimum atomic E-state index is -0.443. The number of halogens is 1. The zero-order chi connectivity index (χ0) is 14.0. The first kappa shape index (κ1) is 13.7. The van der Waals surface area contributed by atoms with Gasteiger partial charge in [-0.3, -0.25) is 0 Å². The van der Waals surface area contributed by atoms with Gasteiger partial charge in [-0.05, 0) is 24.3 Å². The number of thiophene rings is 1. The number of hydrogen-bond acceptors (Lipinski definition) is 5. The highest BCUT2D eigenvalue weighted by Crippen LogP contribution is 2.39. The van der Waals surface area contributed by atoms with Crippen LogP contribution in [0.3, 0.4) is 0 Å². The van der Waals surface area contributed by atoms with Crippen molar-refractivity contribution in [3.05, 3.63) is 34.2 Å². The molecule has 0 aliphatic carbocycles. The number of carbonyl (C=O) groups is 1. The topological polar surface area (TPSA) is 61.5 Å². The largest absolute Gasteiger partial charge is 0.496 e. The van der Waals surface area contributed by atoms with Gasteiger partial charge < -0.3 is 15.2 Å². The van der Waals surface area contributed by atoms with Crippen molar-refractivity contribution >= 4 is 34.6 Å². The predicted molar refractivity (Wildman–Crippen MR) is 77.1 cm³/mol. The lowest BCUT2D eigenvalue weighted by molar-refractivity contribution is 0.0607. The average molecular weight is 298 g/mol. The highest BCUT2D eigenvalue weighted by atomic mass is 35.5. The second kappa shape index (κ2) is 5.50. The standard InChI is InChI=1S/C13H12ClNO3S/c1-17-10-5-7(14)3-4-8(10)11-6-9(15)12(19-11)13(16)18-2/h3-6H,15H2,1-2H3. The van der Waals surface area contributed by atoms with Crippen molar-refractivity contribution in [2.45, 2.75) is 0 Å². The first-order valence-electron chi connectivity index (χ1n) is 5.38. The fourth-order valence-corrected chi connectivity index (χ4v) is 2.85. The van der Waals surface area contributed by atoms with E-state index in [2.05, 4.69) is 4.74 Å². The van der Waals surface area contributed by atoms with Crippen LogP contribution in [-0.4, -0.2) is 20.2 Å².